The molecule has 34 heavy (non-hydrogen) atoms. The maximum Gasteiger partial charge on any atom is 0.166 e. The molecule has 0 radical (unpaired) electrons. The number of ether oxygens (including phenoxy) is 1. The van der Waals surface area contributed by atoms with Gasteiger partial charge in [-0.25, -0.2) is 4.39 Å². The number of phenols is 1. The van der Waals surface area contributed by atoms with Gasteiger partial charge in [0, 0.05) is 35.5 Å². The zero-order valence-corrected chi connectivity index (χ0v) is 19.1. The molecule has 1 saturated carbocycles. The second-order valence-electron chi connectivity index (χ2n) is 11.1. The number of nitrogens with zero attached hydrogens (tertiary/aromatic N) is 2. The van der Waals surface area contributed by atoms with Crippen LogP contribution in [0.5, 0.6) is 11.5 Å². The largest absolute Gasteiger partial charge is 0.504 e. The summed E-state index contributed by atoms with van der Waals surface area (Å²) in [6, 6.07) is 11.9. The van der Waals surface area contributed by atoms with E-state index in [1.54, 1.807) is 6.07 Å². The summed E-state index contributed by atoms with van der Waals surface area (Å²) in [5, 5.41) is 24.8. The summed E-state index contributed by atoms with van der Waals surface area (Å²) in [6.45, 7) is 1.76. The number of alkyl halides is 1. The van der Waals surface area contributed by atoms with Gasteiger partial charge >= 0.3 is 0 Å². The third-order valence-electron chi connectivity index (χ3n) is 9.64. The quantitative estimate of drug-likeness (QED) is 0.618. The van der Waals surface area contributed by atoms with Crippen LogP contribution in [0.15, 0.2) is 36.4 Å². The zero-order valence-electron chi connectivity index (χ0n) is 19.1. The van der Waals surface area contributed by atoms with Crippen LogP contribution in [0.4, 0.5) is 4.39 Å². The molecular formula is C28H29FN2O3. The van der Waals surface area contributed by atoms with E-state index in [4.69, 9.17) is 4.74 Å². The van der Waals surface area contributed by atoms with Crippen LogP contribution in [-0.4, -0.2) is 51.1 Å². The van der Waals surface area contributed by atoms with Gasteiger partial charge in [0.1, 0.15) is 6.67 Å². The first kappa shape index (κ1) is 19.7. The highest BCUT2D eigenvalue weighted by Gasteiger charge is 2.73. The van der Waals surface area contributed by atoms with Crippen LogP contribution in [0.3, 0.4) is 0 Å². The minimum Gasteiger partial charge on any atom is -0.504 e. The number of hydrogen-bond acceptors (Lipinski definition) is 4. The number of hydrogen-bond donors (Lipinski definition) is 2. The predicted molar refractivity (Wildman–Crippen MR) is 126 cm³/mol. The van der Waals surface area contributed by atoms with Gasteiger partial charge in [-0.15, -0.1) is 0 Å². The van der Waals surface area contributed by atoms with Crippen LogP contribution in [0, 0.1) is 5.92 Å². The topological polar surface area (TPSA) is 57.9 Å². The molecule has 8 rings (SSSR count). The van der Waals surface area contributed by atoms with Crippen molar-refractivity contribution in [2.24, 2.45) is 5.92 Å². The Labute approximate surface area is 197 Å². The van der Waals surface area contributed by atoms with Crippen molar-refractivity contribution in [2.45, 2.75) is 61.8 Å². The third-order valence-corrected chi connectivity index (χ3v) is 9.64. The SMILES string of the molecule is Oc1ccc2c3c1O[C@H]1c4c(c5ccccc5n4CCF)C[C@@]4(O)C(C2)N(CC2CC2)CC[C@]314. The fourth-order valence-electron chi connectivity index (χ4n) is 8.13. The van der Waals surface area contributed by atoms with Crippen molar-refractivity contribution in [3.05, 3.63) is 58.8 Å². The summed E-state index contributed by atoms with van der Waals surface area (Å²) in [4.78, 5) is 2.54. The van der Waals surface area contributed by atoms with Gasteiger partial charge in [0.05, 0.1) is 23.3 Å². The highest BCUT2D eigenvalue weighted by Crippen LogP contribution is 2.69. The molecule has 1 unspecified atom stereocenters. The first-order chi connectivity index (χ1) is 16.6. The molecule has 2 aromatic carbocycles. The number of para-hydroxylation sites is 1. The van der Waals surface area contributed by atoms with Gasteiger partial charge in [-0.1, -0.05) is 24.3 Å². The standard InChI is InChI=1S/C28H29FN2O3/c29-10-12-31-20-4-2-1-3-18(20)19-14-28(33)22-13-17-7-8-21(32)25-23(17)27(28,26(34-25)24(19)31)9-11-30(22)15-16-5-6-16/h1-4,7-8,16,22,26,32-33H,5-6,9-15H2/t22?,26-,27-,28+/m0/s1. The molecule has 1 saturated heterocycles. The Hall–Kier alpha value is -2.57. The summed E-state index contributed by atoms with van der Waals surface area (Å²) in [5.41, 5.74) is 3.62. The van der Waals surface area contributed by atoms with Crippen molar-refractivity contribution in [2.75, 3.05) is 19.8 Å². The summed E-state index contributed by atoms with van der Waals surface area (Å²) < 4.78 is 22.6. The molecule has 3 aromatic rings. The van der Waals surface area contributed by atoms with Gasteiger partial charge in [-0.3, -0.25) is 4.90 Å². The van der Waals surface area contributed by atoms with E-state index in [-0.39, 0.29) is 18.3 Å². The first-order valence-corrected chi connectivity index (χ1v) is 12.7. The Morgan fingerprint density at radius 1 is 1.15 bits per heavy atom. The van der Waals surface area contributed by atoms with E-state index in [1.165, 1.54) is 18.4 Å². The van der Waals surface area contributed by atoms with Gasteiger partial charge in [-0.05, 0) is 61.4 Å². The molecule has 3 heterocycles. The highest BCUT2D eigenvalue weighted by molar-refractivity contribution is 5.87. The minimum absolute atomic E-state index is 0.00683. The summed E-state index contributed by atoms with van der Waals surface area (Å²) >= 11 is 0. The van der Waals surface area contributed by atoms with Crippen LogP contribution in [-0.2, 0) is 24.8 Å². The van der Waals surface area contributed by atoms with E-state index in [1.807, 2.05) is 24.3 Å². The number of aliphatic hydroxyl groups is 1. The fourth-order valence-corrected chi connectivity index (χ4v) is 8.13. The van der Waals surface area contributed by atoms with Gasteiger partial charge in [-0.2, -0.15) is 0 Å². The molecule has 2 bridgehead atoms. The number of rotatable bonds is 4. The Balaban J connectivity index is 1.43. The normalized spacial score (nSPS) is 33.0. The molecule has 6 heteroatoms. The van der Waals surface area contributed by atoms with E-state index >= 15 is 0 Å². The van der Waals surface area contributed by atoms with Crippen LogP contribution in [0.1, 0.15) is 47.8 Å². The zero-order chi connectivity index (χ0) is 22.8. The Bertz CT molecular complexity index is 1360. The number of aromatic hydroxyl groups is 1. The molecule has 3 aliphatic carbocycles. The van der Waals surface area contributed by atoms with E-state index in [0.717, 1.165) is 59.6 Å². The van der Waals surface area contributed by atoms with E-state index in [0.29, 0.717) is 12.2 Å². The molecular weight excluding hydrogens is 431 g/mol. The Kier molecular flexibility index (Phi) is 3.68. The number of benzene rings is 2. The number of piperidine rings is 1. The van der Waals surface area contributed by atoms with Crippen LogP contribution in [0.2, 0.25) is 0 Å². The molecule has 176 valence electrons. The summed E-state index contributed by atoms with van der Waals surface area (Å²) in [5.74, 6) is 1.41. The molecule has 1 aromatic heterocycles. The summed E-state index contributed by atoms with van der Waals surface area (Å²) in [7, 11) is 0. The lowest BCUT2D eigenvalue weighted by Gasteiger charge is -2.63. The molecule has 2 aliphatic heterocycles. The average molecular weight is 461 g/mol. The second kappa shape index (κ2) is 6.35. The van der Waals surface area contributed by atoms with Gasteiger partial charge in [0.15, 0.2) is 17.6 Å². The van der Waals surface area contributed by atoms with Crippen molar-refractivity contribution in [3.63, 3.8) is 0 Å². The second-order valence-corrected chi connectivity index (χ2v) is 11.1. The Morgan fingerprint density at radius 2 is 2.00 bits per heavy atom. The lowest BCUT2D eigenvalue weighted by Crippen LogP contribution is -2.74. The minimum atomic E-state index is -1.01. The third kappa shape index (κ3) is 2.14. The van der Waals surface area contributed by atoms with Crippen molar-refractivity contribution in [1.29, 1.82) is 0 Å². The molecule has 4 atom stereocenters. The number of aryl methyl sites for hydroxylation is 1. The number of aromatic nitrogens is 1. The van der Waals surface area contributed by atoms with Gasteiger partial charge in [0.2, 0.25) is 0 Å². The van der Waals surface area contributed by atoms with Crippen molar-refractivity contribution < 1.29 is 19.3 Å². The predicted octanol–water partition coefficient (Wildman–Crippen LogP) is 4.02. The first-order valence-electron chi connectivity index (χ1n) is 12.7. The fraction of sp³-hybridized carbons (Fsp3) is 0.500. The Morgan fingerprint density at radius 3 is 2.82 bits per heavy atom. The molecule has 5 aliphatic rings. The molecule has 5 nitrogen and oxygen atoms in total. The number of phenolic OH excluding ortho intramolecular Hbond substituents is 1. The highest BCUT2D eigenvalue weighted by atomic mass is 19.1. The molecule has 1 spiro atoms. The van der Waals surface area contributed by atoms with E-state index in [2.05, 4.69) is 15.5 Å². The number of halogens is 1. The molecule has 2 N–H and O–H groups in total. The summed E-state index contributed by atoms with van der Waals surface area (Å²) in [6.07, 6.45) is 4.21. The van der Waals surface area contributed by atoms with Crippen LogP contribution in [0.25, 0.3) is 10.9 Å². The van der Waals surface area contributed by atoms with Crippen molar-refractivity contribution in [1.82, 2.24) is 9.47 Å². The smallest absolute Gasteiger partial charge is 0.166 e. The van der Waals surface area contributed by atoms with Crippen LogP contribution < -0.4 is 4.74 Å². The van der Waals surface area contributed by atoms with Gasteiger partial charge < -0.3 is 19.5 Å². The average Bonchev–Trinajstić information content (AvgIpc) is 3.51. The molecule has 2 fully saturated rings. The van der Waals surface area contributed by atoms with Crippen molar-refractivity contribution >= 4 is 10.9 Å². The molecule has 0 amide bonds. The van der Waals surface area contributed by atoms with E-state index < -0.39 is 23.8 Å². The lowest BCUT2D eigenvalue weighted by atomic mass is 9.49. The van der Waals surface area contributed by atoms with E-state index in [9.17, 15) is 14.6 Å². The number of fused-ring (bicyclic) bond motifs is 4. The maximum atomic E-state index is 13.8. The number of likely N-dealkylation sites (tertiary alicyclic amines) is 1. The van der Waals surface area contributed by atoms with Crippen LogP contribution >= 0.6 is 0 Å². The van der Waals surface area contributed by atoms with Crippen molar-refractivity contribution in [3.8, 4) is 11.5 Å². The lowest BCUT2D eigenvalue weighted by molar-refractivity contribution is -0.173. The maximum absolute atomic E-state index is 13.8. The monoisotopic (exact) mass is 460 g/mol. The van der Waals surface area contributed by atoms with Gasteiger partial charge in [0.25, 0.3) is 0 Å².